The Labute approximate surface area is 100 Å². The Balaban J connectivity index is 1.67. The number of thiazole rings is 1. The minimum Gasteiger partial charge on any atom is -0.271 e. The van der Waals surface area contributed by atoms with Crippen molar-refractivity contribution in [2.75, 3.05) is 0 Å². The van der Waals surface area contributed by atoms with Gasteiger partial charge >= 0.3 is 0 Å². The van der Waals surface area contributed by atoms with E-state index in [9.17, 15) is 0 Å². The van der Waals surface area contributed by atoms with E-state index in [2.05, 4.69) is 10.4 Å². The molecule has 3 rings (SSSR count). The van der Waals surface area contributed by atoms with Gasteiger partial charge in [-0.05, 0) is 37.0 Å². The zero-order valence-electron chi connectivity index (χ0n) is 9.43. The molecule has 4 unspecified atom stereocenters. The molecule has 0 spiro atoms. The second-order valence-electron chi connectivity index (χ2n) is 5.24. The maximum atomic E-state index is 5.73. The van der Waals surface area contributed by atoms with Gasteiger partial charge in [0.25, 0.3) is 0 Å². The van der Waals surface area contributed by atoms with Crippen molar-refractivity contribution in [2.45, 2.75) is 38.1 Å². The van der Waals surface area contributed by atoms with E-state index in [1.807, 2.05) is 11.6 Å². The molecule has 88 valence electrons. The third kappa shape index (κ3) is 1.90. The van der Waals surface area contributed by atoms with Crippen molar-refractivity contribution in [1.82, 2.24) is 10.4 Å². The lowest BCUT2D eigenvalue weighted by Gasteiger charge is -2.29. The fourth-order valence-corrected chi connectivity index (χ4v) is 4.34. The predicted octanol–water partition coefficient (Wildman–Crippen LogP) is 1.95. The van der Waals surface area contributed by atoms with Crippen molar-refractivity contribution in [3.05, 3.63) is 16.6 Å². The highest BCUT2D eigenvalue weighted by Crippen LogP contribution is 2.49. The van der Waals surface area contributed by atoms with Crippen LogP contribution in [0.25, 0.3) is 0 Å². The standard InChI is InChI=1S/C12H19N3S/c13-15-11(7-12-14-3-4-16-12)10-6-8-1-2-9(10)5-8/h3-4,8-11,15H,1-2,5-7,13H2. The summed E-state index contributed by atoms with van der Waals surface area (Å²) in [4.78, 5) is 4.36. The third-order valence-corrected chi connectivity index (χ3v) is 5.20. The Hall–Kier alpha value is -0.450. The lowest BCUT2D eigenvalue weighted by atomic mass is 9.82. The lowest BCUT2D eigenvalue weighted by Crippen LogP contribution is -2.44. The lowest BCUT2D eigenvalue weighted by molar-refractivity contribution is 0.248. The fourth-order valence-electron chi connectivity index (χ4n) is 3.66. The van der Waals surface area contributed by atoms with Crippen molar-refractivity contribution in [3.63, 3.8) is 0 Å². The van der Waals surface area contributed by atoms with E-state index in [-0.39, 0.29) is 0 Å². The van der Waals surface area contributed by atoms with E-state index < -0.39 is 0 Å². The Morgan fingerprint density at radius 1 is 1.50 bits per heavy atom. The van der Waals surface area contributed by atoms with Crippen LogP contribution in [0.5, 0.6) is 0 Å². The van der Waals surface area contributed by atoms with Crippen LogP contribution in [-0.4, -0.2) is 11.0 Å². The molecule has 1 aromatic rings. The first-order valence-electron chi connectivity index (χ1n) is 6.21. The van der Waals surface area contributed by atoms with Crippen LogP contribution in [0.3, 0.4) is 0 Å². The van der Waals surface area contributed by atoms with E-state index >= 15 is 0 Å². The molecule has 2 fully saturated rings. The average molecular weight is 237 g/mol. The molecule has 2 saturated carbocycles. The fraction of sp³-hybridized carbons (Fsp3) is 0.750. The minimum atomic E-state index is 0.432. The number of hydrazine groups is 1. The van der Waals surface area contributed by atoms with Crippen molar-refractivity contribution in [3.8, 4) is 0 Å². The number of hydrogen-bond acceptors (Lipinski definition) is 4. The van der Waals surface area contributed by atoms with Gasteiger partial charge in [0, 0.05) is 24.0 Å². The van der Waals surface area contributed by atoms with Crippen molar-refractivity contribution in [2.24, 2.45) is 23.6 Å². The normalized spacial score (nSPS) is 34.4. The summed E-state index contributed by atoms with van der Waals surface area (Å²) in [5, 5.41) is 3.26. The van der Waals surface area contributed by atoms with Gasteiger partial charge in [0.15, 0.2) is 0 Å². The summed E-state index contributed by atoms with van der Waals surface area (Å²) in [6.07, 6.45) is 8.59. The number of nitrogens with zero attached hydrogens (tertiary/aromatic N) is 1. The number of nitrogens with two attached hydrogens (primary N) is 1. The van der Waals surface area contributed by atoms with E-state index in [0.717, 1.165) is 24.2 Å². The maximum absolute atomic E-state index is 5.73. The summed E-state index contributed by atoms with van der Waals surface area (Å²) in [7, 11) is 0. The van der Waals surface area contributed by atoms with Gasteiger partial charge in [0.05, 0.1) is 5.01 Å². The minimum absolute atomic E-state index is 0.432. The van der Waals surface area contributed by atoms with Crippen LogP contribution in [0.4, 0.5) is 0 Å². The van der Waals surface area contributed by atoms with Crippen LogP contribution in [0, 0.1) is 17.8 Å². The Bertz CT molecular complexity index is 338. The molecule has 3 N–H and O–H groups in total. The van der Waals surface area contributed by atoms with Crippen molar-refractivity contribution >= 4 is 11.3 Å². The van der Waals surface area contributed by atoms with Crippen LogP contribution < -0.4 is 11.3 Å². The highest BCUT2D eigenvalue weighted by Gasteiger charge is 2.42. The molecule has 0 aliphatic heterocycles. The topological polar surface area (TPSA) is 50.9 Å². The zero-order chi connectivity index (χ0) is 11.0. The molecular formula is C12H19N3S. The highest BCUT2D eigenvalue weighted by molar-refractivity contribution is 7.09. The molecule has 2 aliphatic carbocycles. The summed E-state index contributed by atoms with van der Waals surface area (Å²) >= 11 is 1.74. The molecule has 0 saturated heterocycles. The van der Waals surface area contributed by atoms with Gasteiger partial charge in [-0.1, -0.05) is 6.42 Å². The van der Waals surface area contributed by atoms with Crippen LogP contribution >= 0.6 is 11.3 Å². The van der Waals surface area contributed by atoms with Crippen LogP contribution in [0.2, 0.25) is 0 Å². The predicted molar refractivity (Wildman–Crippen MR) is 65.9 cm³/mol. The maximum Gasteiger partial charge on any atom is 0.0940 e. The van der Waals surface area contributed by atoms with E-state index in [1.54, 1.807) is 11.3 Å². The monoisotopic (exact) mass is 237 g/mol. The van der Waals surface area contributed by atoms with Crippen molar-refractivity contribution in [1.29, 1.82) is 0 Å². The van der Waals surface area contributed by atoms with Crippen LogP contribution in [0.15, 0.2) is 11.6 Å². The van der Waals surface area contributed by atoms with Gasteiger partial charge < -0.3 is 0 Å². The van der Waals surface area contributed by atoms with E-state index in [0.29, 0.717) is 6.04 Å². The molecule has 2 bridgehead atoms. The molecule has 1 heterocycles. The van der Waals surface area contributed by atoms with E-state index in [4.69, 9.17) is 5.84 Å². The molecule has 16 heavy (non-hydrogen) atoms. The van der Waals surface area contributed by atoms with Crippen molar-refractivity contribution < 1.29 is 0 Å². The Morgan fingerprint density at radius 3 is 3.00 bits per heavy atom. The van der Waals surface area contributed by atoms with Gasteiger partial charge in [0.2, 0.25) is 0 Å². The SMILES string of the molecule is NNC(Cc1nccs1)C1CC2CCC1C2. The van der Waals surface area contributed by atoms with Crippen LogP contribution in [-0.2, 0) is 6.42 Å². The van der Waals surface area contributed by atoms with Gasteiger partial charge in [0.1, 0.15) is 0 Å². The number of nitrogens with one attached hydrogen (secondary N) is 1. The summed E-state index contributed by atoms with van der Waals surface area (Å²) in [5.74, 6) is 8.42. The van der Waals surface area contributed by atoms with Gasteiger partial charge in [-0.25, -0.2) is 4.98 Å². The number of aromatic nitrogens is 1. The largest absolute Gasteiger partial charge is 0.271 e. The van der Waals surface area contributed by atoms with Gasteiger partial charge in [-0.2, -0.15) is 0 Å². The molecule has 0 amide bonds. The Morgan fingerprint density at radius 2 is 2.44 bits per heavy atom. The van der Waals surface area contributed by atoms with Gasteiger partial charge in [-0.15, -0.1) is 11.3 Å². The number of rotatable bonds is 4. The van der Waals surface area contributed by atoms with E-state index in [1.165, 1.54) is 30.7 Å². The summed E-state index contributed by atoms with van der Waals surface area (Å²) in [6, 6.07) is 0.432. The second kappa shape index (κ2) is 4.43. The average Bonchev–Trinajstić information content (AvgIpc) is 3.02. The first kappa shape index (κ1) is 10.7. The molecular weight excluding hydrogens is 218 g/mol. The first-order valence-corrected chi connectivity index (χ1v) is 7.09. The molecule has 2 aliphatic rings. The molecule has 0 radical (unpaired) electrons. The summed E-state index contributed by atoms with van der Waals surface area (Å²) in [5.41, 5.74) is 3.03. The Kier molecular flexibility index (Phi) is 2.96. The zero-order valence-corrected chi connectivity index (χ0v) is 10.2. The highest BCUT2D eigenvalue weighted by atomic mass is 32.1. The third-order valence-electron chi connectivity index (χ3n) is 4.40. The molecule has 4 heteroatoms. The molecule has 1 aromatic heterocycles. The van der Waals surface area contributed by atoms with Gasteiger partial charge in [-0.3, -0.25) is 11.3 Å². The second-order valence-corrected chi connectivity index (χ2v) is 6.22. The van der Waals surface area contributed by atoms with Crippen LogP contribution in [0.1, 0.15) is 30.7 Å². The smallest absolute Gasteiger partial charge is 0.0940 e. The quantitative estimate of drug-likeness (QED) is 0.621. The first-order chi connectivity index (χ1) is 7.86. The number of hydrogen-bond donors (Lipinski definition) is 2. The molecule has 4 atom stereocenters. The number of fused-ring (bicyclic) bond motifs is 2. The summed E-state index contributed by atoms with van der Waals surface area (Å²) in [6.45, 7) is 0. The molecule has 3 nitrogen and oxygen atoms in total. The molecule has 0 aromatic carbocycles. The summed E-state index contributed by atoms with van der Waals surface area (Å²) < 4.78 is 0.